The fraction of sp³-hybridized carbons (Fsp3) is 0.188. The quantitative estimate of drug-likeness (QED) is 0.748. The predicted octanol–water partition coefficient (Wildman–Crippen LogP) is 4.40. The molecule has 0 unspecified atom stereocenters. The molecule has 108 valence electrons. The molecule has 1 aromatic carbocycles. The van der Waals surface area contributed by atoms with Crippen molar-refractivity contribution in [3.8, 4) is 17.1 Å². The van der Waals surface area contributed by atoms with Crippen LogP contribution in [0.2, 0.25) is 0 Å². The van der Waals surface area contributed by atoms with Gasteiger partial charge in [0.2, 0.25) is 0 Å². The zero-order chi connectivity index (χ0) is 15.1. The van der Waals surface area contributed by atoms with Gasteiger partial charge in [-0.2, -0.15) is 5.10 Å². The second-order valence-electron chi connectivity index (χ2n) is 5.22. The Kier molecular flexibility index (Phi) is 3.37. The van der Waals surface area contributed by atoms with E-state index >= 15 is 0 Å². The van der Waals surface area contributed by atoms with Crippen molar-refractivity contribution in [2.24, 2.45) is 0 Å². The van der Waals surface area contributed by atoms with Crippen LogP contribution in [0.25, 0.3) is 17.1 Å². The van der Waals surface area contributed by atoms with Gasteiger partial charge < -0.3 is 10.2 Å². The van der Waals surface area contributed by atoms with Crippen LogP contribution in [0.5, 0.6) is 0 Å². The van der Waals surface area contributed by atoms with Gasteiger partial charge in [-0.25, -0.2) is 4.68 Å². The number of furan rings is 1. The van der Waals surface area contributed by atoms with Gasteiger partial charge in [-0.3, -0.25) is 0 Å². The summed E-state index contributed by atoms with van der Waals surface area (Å²) in [6.07, 6.45) is 0. The van der Waals surface area contributed by atoms with Crippen molar-refractivity contribution in [3.63, 3.8) is 0 Å². The van der Waals surface area contributed by atoms with Gasteiger partial charge in [0.1, 0.15) is 11.5 Å². The molecule has 21 heavy (non-hydrogen) atoms. The van der Waals surface area contributed by atoms with Gasteiger partial charge in [-0.1, -0.05) is 17.7 Å². The molecule has 5 heteroatoms. The Hall–Kier alpha value is -2.01. The van der Waals surface area contributed by atoms with E-state index in [9.17, 15) is 0 Å². The summed E-state index contributed by atoms with van der Waals surface area (Å²) in [5.74, 6) is 1.28. The number of rotatable bonds is 2. The summed E-state index contributed by atoms with van der Waals surface area (Å²) in [6, 6.07) is 9.79. The van der Waals surface area contributed by atoms with Crippen LogP contribution < -0.4 is 5.73 Å². The molecule has 0 saturated heterocycles. The van der Waals surface area contributed by atoms with Crippen molar-refractivity contribution in [1.82, 2.24) is 9.78 Å². The van der Waals surface area contributed by atoms with E-state index in [1.54, 1.807) is 4.68 Å². The maximum Gasteiger partial charge on any atom is 0.169 e. The van der Waals surface area contributed by atoms with Crippen LogP contribution >= 0.6 is 15.9 Å². The lowest BCUT2D eigenvalue weighted by Crippen LogP contribution is -2.06. The molecule has 0 spiro atoms. The number of aryl methyl sites for hydroxylation is 3. The molecular formula is C16H16BrN3O. The number of halogens is 1. The summed E-state index contributed by atoms with van der Waals surface area (Å²) in [4.78, 5) is 0. The summed E-state index contributed by atoms with van der Waals surface area (Å²) in [5.41, 5.74) is 11.4. The molecule has 0 aliphatic rings. The van der Waals surface area contributed by atoms with Crippen LogP contribution in [-0.2, 0) is 0 Å². The Labute approximate surface area is 131 Å². The molecule has 2 heterocycles. The predicted molar refractivity (Wildman–Crippen MR) is 87.6 cm³/mol. The highest BCUT2D eigenvalue weighted by Crippen LogP contribution is 2.29. The van der Waals surface area contributed by atoms with Crippen LogP contribution in [-0.4, -0.2) is 9.78 Å². The van der Waals surface area contributed by atoms with E-state index in [0.717, 1.165) is 22.5 Å². The topological polar surface area (TPSA) is 57.0 Å². The number of benzene rings is 1. The summed E-state index contributed by atoms with van der Waals surface area (Å²) in [5, 5.41) is 4.59. The lowest BCUT2D eigenvalue weighted by atomic mass is 10.1. The maximum absolute atomic E-state index is 6.14. The highest BCUT2D eigenvalue weighted by atomic mass is 79.9. The van der Waals surface area contributed by atoms with E-state index in [-0.39, 0.29) is 0 Å². The van der Waals surface area contributed by atoms with Crippen LogP contribution in [0.3, 0.4) is 0 Å². The van der Waals surface area contributed by atoms with E-state index in [4.69, 9.17) is 10.2 Å². The zero-order valence-electron chi connectivity index (χ0n) is 12.1. The van der Waals surface area contributed by atoms with Gasteiger partial charge >= 0.3 is 0 Å². The molecule has 0 aliphatic carbocycles. The molecule has 0 bridgehead atoms. The fourth-order valence-electron chi connectivity index (χ4n) is 2.65. The molecule has 0 aliphatic heterocycles. The Bertz CT molecular complexity index is 794. The minimum atomic E-state index is 0.590. The zero-order valence-corrected chi connectivity index (χ0v) is 13.7. The lowest BCUT2D eigenvalue weighted by molar-refractivity contribution is 0.553. The molecule has 0 atom stereocenters. The first-order valence-corrected chi connectivity index (χ1v) is 7.44. The van der Waals surface area contributed by atoms with E-state index in [1.165, 1.54) is 5.56 Å². The van der Waals surface area contributed by atoms with Gasteiger partial charge in [0.05, 0.1) is 5.69 Å². The molecule has 2 N–H and O–H groups in total. The molecule has 0 radical (unpaired) electrons. The van der Waals surface area contributed by atoms with Crippen molar-refractivity contribution in [3.05, 3.63) is 51.7 Å². The summed E-state index contributed by atoms with van der Waals surface area (Å²) >= 11 is 3.30. The van der Waals surface area contributed by atoms with Crippen LogP contribution in [0.1, 0.15) is 16.7 Å². The fourth-order valence-corrected chi connectivity index (χ4v) is 2.96. The minimum Gasteiger partial charge on any atom is -0.448 e. The Morgan fingerprint density at radius 1 is 1.10 bits per heavy atom. The van der Waals surface area contributed by atoms with Gasteiger partial charge in [-0.15, -0.1) is 0 Å². The Morgan fingerprint density at radius 2 is 1.76 bits per heavy atom. The van der Waals surface area contributed by atoms with Crippen molar-refractivity contribution in [2.45, 2.75) is 20.8 Å². The Morgan fingerprint density at radius 3 is 2.33 bits per heavy atom. The molecule has 0 fully saturated rings. The monoisotopic (exact) mass is 345 g/mol. The second kappa shape index (κ2) is 5.07. The lowest BCUT2D eigenvalue weighted by Gasteiger charge is -2.12. The van der Waals surface area contributed by atoms with Gasteiger partial charge in [-0.05, 0) is 60.0 Å². The number of nitrogens with two attached hydrogens (primary N) is 1. The Balaban J connectivity index is 2.14. The third kappa shape index (κ3) is 2.49. The van der Waals surface area contributed by atoms with Crippen LogP contribution in [0.4, 0.5) is 5.82 Å². The number of anilines is 1. The second-order valence-corrected chi connectivity index (χ2v) is 6.00. The van der Waals surface area contributed by atoms with Crippen molar-refractivity contribution < 1.29 is 4.42 Å². The highest BCUT2D eigenvalue weighted by Gasteiger charge is 2.15. The summed E-state index contributed by atoms with van der Waals surface area (Å²) < 4.78 is 7.99. The van der Waals surface area contributed by atoms with Crippen LogP contribution in [0.15, 0.2) is 39.4 Å². The summed E-state index contributed by atoms with van der Waals surface area (Å²) in [7, 11) is 0. The van der Waals surface area contributed by atoms with E-state index in [1.807, 2.05) is 18.2 Å². The number of aromatic nitrogens is 2. The largest absolute Gasteiger partial charge is 0.448 e. The standard InChI is InChI=1S/C16H16BrN3O/c1-9-6-10(2)16(11(3)7-9)20-15(18)8-12(19-20)13-4-5-14(17)21-13/h4-8H,18H2,1-3H3. The summed E-state index contributed by atoms with van der Waals surface area (Å²) in [6.45, 7) is 6.22. The first-order chi connectivity index (χ1) is 9.95. The molecule has 2 aromatic heterocycles. The third-order valence-electron chi connectivity index (χ3n) is 3.41. The minimum absolute atomic E-state index is 0.590. The normalized spacial score (nSPS) is 11.0. The third-order valence-corrected chi connectivity index (χ3v) is 3.84. The van der Waals surface area contributed by atoms with Crippen molar-refractivity contribution in [1.29, 1.82) is 0 Å². The number of nitrogens with zero attached hydrogens (tertiary/aromatic N) is 2. The van der Waals surface area contributed by atoms with E-state index in [0.29, 0.717) is 16.2 Å². The highest BCUT2D eigenvalue weighted by molar-refractivity contribution is 9.10. The maximum atomic E-state index is 6.14. The van der Waals surface area contributed by atoms with Gasteiger partial charge in [0, 0.05) is 6.07 Å². The SMILES string of the molecule is Cc1cc(C)c(-n2nc(-c3ccc(Br)o3)cc2N)c(C)c1. The van der Waals surface area contributed by atoms with Crippen molar-refractivity contribution >= 4 is 21.7 Å². The van der Waals surface area contributed by atoms with E-state index in [2.05, 4.69) is 53.9 Å². The first-order valence-electron chi connectivity index (χ1n) is 6.65. The van der Waals surface area contributed by atoms with Gasteiger partial charge in [0.15, 0.2) is 10.4 Å². The number of hydrogen-bond acceptors (Lipinski definition) is 3. The van der Waals surface area contributed by atoms with Gasteiger partial charge in [0.25, 0.3) is 0 Å². The average molecular weight is 346 g/mol. The number of nitrogen functional groups attached to an aromatic ring is 1. The van der Waals surface area contributed by atoms with Crippen molar-refractivity contribution in [2.75, 3.05) is 5.73 Å². The molecule has 0 saturated carbocycles. The average Bonchev–Trinajstić information content (AvgIpc) is 2.95. The molecule has 3 rings (SSSR count). The first kappa shape index (κ1) is 13.9. The molecule has 4 nitrogen and oxygen atoms in total. The molecule has 3 aromatic rings. The molecular weight excluding hydrogens is 330 g/mol. The number of hydrogen-bond donors (Lipinski definition) is 1. The molecule has 0 amide bonds. The van der Waals surface area contributed by atoms with Crippen LogP contribution in [0, 0.1) is 20.8 Å². The van der Waals surface area contributed by atoms with E-state index < -0.39 is 0 Å². The smallest absolute Gasteiger partial charge is 0.169 e.